The number of nitrogens with one attached hydrogen (secondary N) is 1. The molecule has 1 aromatic rings. The molecule has 0 unspecified atom stereocenters. The first-order valence-corrected chi connectivity index (χ1v) is 8.18. The number of rotatable bonds is 6. The number of anilines is 1. The van der Waals surface area contributed by atoms with E-state index in [1.54, 1.807) is 13.4 Å². The molecule has 1 N–H and O–H groups in total. The Balaban J connectivity index is 1.53. The van der Waals surface area contributed by atoms with Crippen LogP contribution in [-0.2, 0) is 6.54 Å². The number of ether oxygens (including phenoxy) is 2. The van der Waals surface area contributed by atoms with Crippen LogP contribution in [0.25, 0.3) is 0 Å². The lowest BCUT2D eigenvalue weighted by molar-refractivity contribution is 0.203. The Labute approximate surface area is 132 Å². The molecule has 5 heteroatoms. The van der Waals surface area contributed by atoms with Crippen LogP contribution in [0.1, 0.15) is 31.2 Å². The summed E-state index contributed by atoms with van der Waals surface area (Å²) < 4.78 is 11.4. The molecule has 120 valence electrons. The topological polar surface area (TPSA) is 46.1 Å². The highest BCUT2D eigenvalue weighted by molar-refractivity contribution is 5.81. The average Bonchev–Trinajstić information content (AvgIpc) is 2.59. The van der Waals surface area contributed by atoms with Gasteiger partial charge in [0.05, 0.1) is 26.6 Å². The van der Waals surface area contributed by atoms with Crippen molar-refractivity contribution in [3.05, 3.63) is 17.7 Å². The minimum Gasteiger partial charge on any atom is -0.493 e. The number of hydrogen-bond donors (Lipinski definition) is 1. The van der Waals surface area contributed by atoms with Gasteiger partial charge in [0.1, 0.15) is 0 Å². The molecule has 3 rings (SSSR count). The SMILES string of the molecule is COc1cc2c(cc1OCCCN1CCCCC1)NC=NC2. The largest absolute Gasteiger partial charge is 0.493 e. The minimum atomic E-state index is 0.688. The first-order valence-electron chi connectivity index (χ1n) is 8.18. The summed E-state index contributed by atoms with van der Waals surface area (Å²) in [6.07, 6.45) is 6.85. The number of aliphatic imine (C=N–C) groups is 1. The van der Waals surface area contributed by atoms with Gasteiger partial charge in [0.25, 0.3) is 0 Å². The zero-order valence-electron chi connectivity index (χ0n) is 13.3. The molecule has 2 heterocycles. The lowest BCUT2D eigenvalue weighted by Gasteiger charge is -2.26. The molecule has 0 atom stereocenters. The van der Waals surface area contributed by atoms with Crippen LogP contribution in [0, 0.1) is 0 Å². The fraction of sp³-hybridized carbons (Fsp3) is 0.588. The van der Waals surface area contributed by atoms with Crippen LogP contribution >= 0.6 is 0 Å². The van der Waals surface area contributed by atoms with Crippen LogP contribution in [0.5, 0.6) is 11.5 Å². The van der Waals surface area contributed by atoms with Gasteiger partial charge in [-0.15, -0.1) is 0 Å². The fourth-order valence-corrected chi connectivity index (χ4v) is 3.05. The van der Waals surface area contributed by atoms with Gasteiger partial charge in [-0.05, 0) is 38.4 Å². The van der Waals surface area contributed by atoms with Gasteiger partial charge < -0.3 is 19.7 Å². The van der Waals surface area contributed by atoms with Gasteiger partial charge in [-0.25, -0.2) is 0 Å². The second-order valence-electron chi connectivity index (χ2n) is 5.88. The number of methoxy groups -OCH3 is 1. The Bertz CT molecular complexity index is 525. The molecule has 1 saturated heterocycles. The molecule has 0 aromatic heterocycles. The van der Waals surface area contributed by atoms with Crippen LogP contribution in [0.15, 0.2) is 17.1 Å². The molecular formula is C17H25N3O2. The second-order valence-corrected chi connectivity index (χ2v) is 5.88. The standard InChI is InChI=1S/C17H25N3O2/c1-21-16-10-14-12-18-13-19-15(14)11-17(16)22-9-5-8-20-6-3-2-4-7-20/h10-11,13H,2-9,12H2,1H3,(H,18,19). The predicted octanol–water partition coefficient (Wildman–Crippen LogP) is 2.90. The van der Waals surface area contributed by atoms with Crippen LogP contribution < -0.4 is 14.8 Å². The summed E-state index contributed by atoms with van der Waals surface area (Å²) in [5, 5.41) is 3.16. The highest BCUT2D eigenvalue weighted by atomic mass is 16.5. The highest BCUT2D eigenvalue weighted by Crippen LogP contribution is 2.34. The summed E-state index contributed by atoms with van der Waals surface area (Å²) in [6, 6.07) is 4.03. The normalized spacial score (nSPS) is 17.7. The maximum atomic E-state index is 5.95. The molecule has 1 aromatic carbocycles. The first-order chi connectivity index (χ1) is 10.9. The number of benzene rings is 1. The van der Waals surface area contributed by atoms with Crippen LogP contribution in [0.4, 0.5) is 5.69 Å². The van der Waals surface area contributed by atoms with Crippen LogP contribution in [0.3, 0.4) is 0 Å². The number of piperidine rings is 1. The van der Waals surface area contributed by atoms with Gasteiger partial charge >= 0.3 is 0 Å². The van der Waals surface area contributed by atoms with Crippen molar-refractivity contribution in [3.8, 4) is 11.5 Å². The molecule has 0 aliphatic carbocycles. The van der Waals surface area contributed by atoms with Gasteiger partial charge in [0.15, 0.2) is 11.5 Å². The van der Waals surface area contributed by atoms with E-state index in [4.69, 9.17) is 9.47 Å². The highest BCUT2D eigenvalue weighted by Gasteiger charge is 2.13. The molecule has 0 amide bonds. The van der Waals surface area contributed by atoms with Crippen molar-refractivity contribution in [1.82, 2.24) is 4.90 Å². The molecule has 0 saturated carbocycles. The van der Waals surface area contributed by atoms with Crippen molar-refractivity contribution in [2.24, 2.45) is 4.99 Å². The Morgan fingerprint density at radius 2 is 2.05 bits per heavy atom. The van der Waals surface area contributed by atoms with E-state index in [-0.39, 0.29) is 0 Å². The summed E-state index contributed by atoms with van der Waals surface area (Å²) >= 11 is 0. The van der Waals surface area contributed by atoms with E-state index in [2.05, 4.69) is 15.2 Å². The Morgan fingerprint density at radius 3 is 2.86 bits per heavy atom. The molecule has 0 spiro atoms. The smallest absolute Gasteiger partial charge is 0.163 e. The second kappa shape index (κ2) is 7.49. The molecule has 0 bridgehead atoms. The first kappa shape index (κ1) is 15.2. The molecule has 2 aliphatic rings. The summed E-state index contributed by atoms with van der Waals surface area (Å²) in [5.74, 6) is 1.60. The number of likely N-dealkylation sites (tertiary alicyclic amines) is 1. The maximum Gasteiger partial charge on any atom is 0.163 e. The van der Waals surface area contributed by atoms with Crippen LogP contribution in [0.2, 0.25) is 0 Å². The van der Waals surface area contributed by atoms with E-state index in [0.29, 0.717) is 6.54 Å². The number of fused-ring (bicyclic) bond motifs is 1. The van der Waals surface area contributed by atoms with E-state index < -0.39 is 0 Å². The van der Waals surface area contributed by atoms with Crippen molar-refractivity contribution in [2.45, 2.75) is 32.2 Å². The molecule has 2 aliphatic heterocycles. The lowest BCUT2D eigenvalue weighted by atomic mass is 10.1. The zero-order chi connectivity index (χ0) is 15.2. The lowest BCUT2D eigenvalue weighted by Crippen LogP contribution is -2.31. The Kier molecular flexibility index (Phi) is 5.16. The van der Waals surface area contributed by atoms with Crippen molar-refractivity contribution >= 4 is 12.0 Å². The van der Waals surface area contributed by atoms with Gasteiger partial charge in [0, 0.05) is 23.9 Å². The monoisotopic (exact) mass is 303 g/mol. The van der Waals surface area contributed by atoms with E-state index in [0.717, 1.165) is 42.3 Å². The van der Waals surface area contributed by atoms with Gasteiger partial charge in [-0.1, -0.05) is 6.42 Å². The molecule has 5 nitrogen and oxygen atoms in total. The Morgan fingerprint density at radius 1 is 1.18 bits per heavy atom. The third-order valence-corrected chi connectivity index (χ3v) is 4.29. The summed E-state index contributed by atoms with van der Waals surface area (Å²) in [4.78, 5) is 6.75. The predicted molar refractivity (Wildman–Crippen MR) is 89.2 cm³/mol. The minimum absolute atomic E-state index is 0.688. The van der Waals surface area contributed by atoms with E-state index in [9.17, 15) is 0 Å². The number of nitrogens with zero attached hydrogens (tertiary/aromatic N) is 2. The maximum absolute atomic E-state index is 5.95. The van der Waals surface area contributed by atoms with Crippen molar-refractivity contribution in [1.29, 1.82) is 0 Å². The van der Waals surface area contributed by atoms with Crippen molar-refractivity contribution in [2.75, 3.05) is 38.7 Å². The average molecular weight is 303 g/mol. The third kappa shape index (κ3) is 3.71. The van der Waals surface area contributed by atoms with E-state index >= 15 is 0 Å². The van der Waals surface area contributed by atoms with Gasteiger partial charge in [-0.3, -0.25) is 4.99 Å². The number of hydrogen-bond acceptors (Lipinski definition) is 5. The fourth-order valence-electron chi connectivity index (χ4n) is 3.05. The summed E-state index contributed by atoms with van der Waals surface area (Å²) in [7, 11) is 1.68. The molecule has 22 heavy (non-hydrogen) atoms. The van der Waals surface area contributed by atoms with Crippen LogP contribution in [-0.4, -0.2) is 44.6 Å². The molecule has 1 fully saturated rings. The van der Waals surface area contributed by atoms with Gasteiger partial charge in [-0.2, -0.15) is 0 Å². The molecular weight excluding hydrogens is 278 g/mol. The zero-order valence-corrected chi connectivity index (χ0v) is 13.3. The van der Waals surface area contributed by atoms with Gasteiger partial charge in [0.2, 0.25) is 0 Å². The van der Waals surface area contributed by atoms with Crippen molar-refractivity contribution < 1.29 is 9.47 Å². The molecule has 0 radical (unpaired) electrons. The van der Waals surface area contributed by atoms with E-state index in [1.807, 2.05) is 12.1 Å². The Hall–Kier alpha value is -1.75. The quantitative estimate of drug-likeness (QED) is 0.821. The van der Waals surface area contributed by atoms with E-state index in [1.165, 1.54) is 32.4 Å². The third-order valence-electron chi connectivity index (χ3n) is 4.29. The summed E-state index contributed by atoms with van der Waals surface area (Å²) in [5.41, 5.74) is 2.20. The summed E-state index contributed by atoms with van der Waals surface area (Å²) in [6.45, 7) is 5.02. The van der Waals surface area contributed by atoms with Crippen molar-refractivity contribution in [3.63, 3.8) is 0 Å².